The molecule has 0 saturated carbocycles. The van der Waals surface area contributed by atoms with Gasteiger partial charge in [-0.1, -0.05) is 26.7 Å². The second kappa shape index (κ2) is 5.84. The molecule has 0 radical (unpaired) electrons. The minimum atomic E-state index is -0.972. The van der Waals surface area contributed by atoms with E-state index in [1.165, 1.54) is 11.3 Å². The molecule has 5 heteroatoms. The van der Waals surface area contributed by atoms with Crippen LogP contribution < -0.4 is 5.32 Å². The van der Waals surface area contributed by atoms with Gasteiger partial charge in [-0.3, -0.25) is 0 Å². The van der Waals surface area contributed by atoms with E-state index in [0.29, 0.717) is 10.9 Å². The number of carbonyl (C=O) groups is 1. The lowest BCUT2D eigenvalue weighted by atomic mass is 9.96. The largest absolute Gasteiger partial charge is 0.476 e. The van der Waals surface area contributed by atoms with E-state index in [2.05, 4.69) is 31.1 Å². The highest BCUT2D eigenvalue weighted by Crippen LogP contribution is 2.24. The average molecular weight is 242 g/mol. The number of nitrogens with one attached hydrogen (secondary N) is 1. The van der Waals surface area contributed by atoms with E-state index in [-0.39, 0.29) is 11.7 Å². The number of aromatic carboxylic acids is 1. The van der Waals surface area contributed by atoms with E-state index in [0.717, 1.165) is 12.8 Å². The number of carboxylic acid groups (broad SMARTS) is 1. The minimum absolute atomic E-state index is 0.128. The molecule has 1 rings (SSSR count). The summed E-state index contributed by atoms with van der Waals surface area (Å²) in [6.45, 7) is 6.39. The van der Waals surface area contributed by atoms with E-state index in [9.17, 15) is 4.79 Å². The molecule has 1 aromatic heterocycles. The third-order valence-corrected chi connectivity index (χ3v) is 3.64. The van der Waals surface area contributed by atoms with Crippen molar-refractivity contribution in [1.82, 2.24) is 4.98 Å². The smallest absolute Gasteiger partial charge is 0.357 e. The van der Waals surface area contributed by atoms with Gasteiger partial charge >= 0.3 is 5.97 Å². The number of aromatic nitrogens is 1. The Bertz CT molecular complexity index is 348. The maximum atomic E-state index is 10.9. The highest BCUT2D eigenvalue weighted by Gasteiger charge is 2.18. The van der Waals surface area contributed by atoms with Gasteiger partial charge in [0.25, 0.3) is 0 Å². The first kappa shape index (κ1) is 13.0. The van der Waals surface area contributed by atoms with Gasteiger partial charge < -0.3 is 10.4 Å². The van der Waals surface area contributed by atoms with Gasteiger partial charge in [0.15, 0.2) is 5.69 Å². The number of anilines is 1. The molecule has 2 N–H and O–H groups in total. The topological polar surface area (TPSA) is 62.2 Å². The van der Waals surface area contributed by atoms with E-state index in [1.54, 1.807) is 5.51 Å². The molecule has 1 heterocycles. The quantitative estimate of drug-likeness (QED) is 0.804. The molecule has 0 aliphatic carbocycles. The molecule has 0 aromatic carbocycles. The highest BCUT2D eigenvalue weighted by molar-refractivity contribution is 7.14. The average Bonchev–Trinajstić information content (AvgIpc) is 2.67. The molecule has 0 aliphatic heterocycles. The molecule has 90 valence electrons. The molecule has 0 saturated heterocycles. The number of thiazole rings is 1. The van der Waals surface area contributed by atoms with Crippen molar-refractivity contribution >= 4 is 22.3 Å². The van der Waals surface area contributed by atoms with Crippen molar-refractivity contribution in [3.63, 3.8) is 0 Å². The third kappa shape index (κ3) is 2.95. The van der Waals surface area contributed by atoms with Crippen LogP contribution in [0.1, 0.15) is 44.1 Å². The van der Waals surface area contributed by atoms with Crippen LogP contribution in [0, 0.1) is 5.92 Å². The molecule has 0 amide bonds. The van der Waals surface area contributed by atoms with E-state index < -0.39 is 5.97 Å². The second-order valence-corrected chi connectivity index (χ2v) is 4.70. The summed E-state index contributed by atoms with van der Waals surface area (Å²) >= 11 is 1.34. The standard InChI is InChI=1S/C11H18N2O2S/c1-4-8(5-2)7(3)13-10-9(11(14)15)12-6-16-10/h6-8,13H,4-5H2,1-3H3,(H,14,15). The summed E-state index contributed by atoms with van der Waals surface area (Å²) in [6.07, 6.45) is 2.18. The molecule has 1 aromatic rings. The molecular formula is C11H18N2O2S. The summed E-state index contributed by atoms with van der Waals surface area (Å²) in [5.74, 6) is -0.413. The zero-order chi connectivity index (χ0) is 12.1. The van der Waals surface area contributed by atoms with Gasteiger partial charge in [-0.25, -0.2) is 9.78 Å². The Labute approximate surface area is 99.7 Å². The van der Waals surface area contributed by atoms with Crippen molar-refractivity contribution in [2.75, 3.05) is 5.32 Å². The molecule has 0 bridgehead atoms. The van der Waals surface area contributed by atoms with Crippen molar-refractivity contribution in [3.8, 4) is 0 Å². The zero-order valence-corrected chi connectivity index (χ0v) is 10.7. The predicted molar refractivity (Wildman–Crippen MR) is 66.2 cm³/mol. The van der Waals surface area contributed by atoms with Gasteiger partial charge in [0.05, 0.1) is 5.51 Å². The van der Waals surface area contributed by atoms with Crippen LogP contribution in [0.5, 0.6) is 0 Å². The fourth-order valence-electron chi connectivity index (χ4n) is 1.82. The Morgan fingerprint density at radius 1 is 1.56 bits per heavy atom. The molecule has 0 spiro atoms. The van der Waals surface area contributed by atoms with Gasteiger partial charge in [-0.2, -0.15) is 0 Å². The Morgan fingerprint density at radius 3 is 2.69 bits per heavy atom. The number of nitrogens with zero attached hydrogens (tertiary/aromatic N) is 1. The lowest BCUT2D eigenvalue weighted by Crippen LogP contribution is -2.25. The van der Waals surface area contributed by atoms with E-state index in [4.69, 9.17) is 5.11 Å². The fourth-order valence-corrected chi connectivity index (χ4v) is 2.59. The van der Waals surface area contributed by atoms with Crippen LogP contribution in [0.3, 0.4) is 0 Å². The summed E-state index contributed by atoms with van der Waals surface area (Å²) in [5, 5.41) is 12.8. The van der Waals surface area contributed by atoms with Crippen LogP contribution in [0.15, 0.2) is 5.51 Å². The van der Waals surface area contributed by atoms with Crippen LogP contribution >= 0.6 is 11.3 Å². The lowest BCUT2D eigenvalue weighted by Gasteiger charge is -2.22. The Hall–Kier alpha value is -1.10. The molecule has 4 nitrogen and oxygen atoms in total. The van der Waals surface area contributed by atoms with Crippen LogP contribution in [0.4, 0.5) is 5.00 Å². The van der Waals surface area contributed by atoms with Gasteiger partial charge in [0.1, 0.15) is 5.00 Å². The fraction of sp³-hybridized carbons (Fsp3) is 0.636. The summed E-state index contributed by atoms with van der Waals surface area (Å²) in [4.78, 5) is 14.7. The number of carboxylic acids is 1. The normalized spacial score (nSPS) is 12.8. The van der Waals surface area contributed by atoms with Crippen LogP contribution in [0.25, 0.3) is 0 Å². The Kier molecular flexibility index (Phi) is 4.73. The molecule has 0 aliphatic rings. The number of hydrogen-bond acceptors (Lipinski definition) is 4. The van der Waals surface area contributed by atoms with Crippen LogP contribution in [0.2, 0.25) is 0 Å². The maximum Gasteiger partial charge on any atom is 0.357 e. The Morgan fingerprint density at radius 2 is 2.19 bits per heavy atom. The second-order valence-electron chi connectivity index (χ2n) is 3.84. The molecule has 1 unspecified atom stereocenters. The van der Waals surface area contributed by atoms with Gasteiger partial charge in [0.2, 0.25) is 0 Å². The first-order valence-corrected chi connectivity index (χ1v) is 6.41. The van der Waals surface area contributed by atoms with Crippen molar-refractivity contribution in [2.24, 2.45) is 5.92 Å². The van der Waals surface area contributed by atoms with Crippen LogP contribution in [-0.4, -0.2) is 22.1 Å². The molecule has 0 fully saturated rings. The predicted octanol–water partition coefficient (Wildman–Crippen LogP) is 3.08. The minimum Gasteiger partial charge on any atom is -0.476 e. The summed E-state index contributed by atoms with van der Waals surface area (Å²) in [5.41, 5.74) is 1.69. The molecular weight excluding hydrogens is 224 g/mol. The SMILES string of the molecule is CCC(CC)C(C)Nc1scnc1C(=O)O. The van der Waals surface area contributed by atoms with Crippen molar-refractivity contribution in [3.05, 3.63) is 11.2 Å². The summed E-state index contributed by atoms with van der Waals surface area (Å²) in [7, 11) is 0. The van der Waals surface area contributed by atoms with Crippen LogP contribution in [-0.2, 0) is 0 Å². The first-order valence-electron chi connectivity index (χ1n) is 5.53. The van der Waals surface area contributed by atoms with Gasteiger partial charge in [-0.05, 0) is 12.8 Å². The summed E-state index contributed by atoms with van der Waals surface area (Å²) < 4.78 is 0. The third-order valence-electron chi connectivity index (χ3n) is 2.88. The van der Waals surface area contributed by atoms with Crippen molar-refractivity contribution < 1.29 is 9.90 Å². The van der Waals surface area contributed by atoms with Gasteiger partial charge in [-0.15, -0.1) is 11.3 Å². The maximum absolute atomic E-state index is 10.9. The first-order chi connectivity index (χ1) is 7.60. The Balaban J connectivity index is 2.72. The zero-order valence-electron chi connectivity index (χ0n) is 9.86. The lowest BCUT2D eigenvalue weighted by molar-refractivity contribution is 0.0692. The van der Waals surface area contributed by atoms with Gasteiger partial charge in [0, 0.05) is 6.04 Å². The highest BCUT2D eigenvalue weighted by atomic mass is 32.1. The molecule has 1 atom stereocenters. The van der Waals surface area contributed by atoms with Crippen molar-refractivity contribution in [1.29, 1.82) is 0 Å². The monoisotopic (exact) mass is 242 g/mol. The van der Waals surface area contributed by atoms with Crippen molar-refractivity contribution in [2.45, 2.75) is 39.7 Å². The molecule has 16 heavy (non-hydrogen) atoms. The summed E-state index contributed by atoms with van der Waals surface area (Å²) in [6, 6.07) is 0.272. The number of rotatable bonds is 6. The van der Waals surface area contributed by atoms with E-state index in [1.807, 2.05) is 0 Å². The van der Waals surface area contributed by atoms with E-state index >= 15 is 0 Å². The number of hydrogen-bond donors (Lipinski definition) is 2.